The van der Waals surface area contributed by atoms with Crippen molar-refractivity contribution < 1.29 is 9.53 Å². The first-order valence-electron chi connectivity index (χ1n) is 7.87. The third-order valence-electron chi connectivity index (χ3n) is 3.24. The van der Waals surface area contributed by atoms with Crippen molar-refractivity contribution in [1.29, 1.82) is 0 Å². The molecule has 1 amide bonds. The number of guanidine groups is 1. The zero-order valence-corrected chi connectivity index (χ0v) is 14.6. The summed E-state index contributed by atoms with van der Waals surface area (Å²) >= 11 is 0. The summed E-state index contributed by atoms with van der Waals surface area (Å²) in [7, 11) is 3.57. The van der Waals surface area contributed by atoms with E-state index in [9.17, 15) is 4.79 Å². The van der Waals surface area contributed by atoms with Crippen molar-refractivity contribution in [3.63, 3.8) is 0 Å². The Labute approximate surface area is 138 Å². The maximum Gasteiger partial charge on any atom is 0.241 e. The highest BCUT2D eigenvalue weighted by atomic mass is 16.5. The van der Waals surface area contributed by atoms with Crippen molar-refractivity contribution in [3.05, 3.63) is 35.4 Å². The highest BCUT2D eigenvalue weighted by molar-refractivity contribution is 5.84. The van der Waals surface area contributed by atoms with Crippen molar-refractivity contribution in [2.45, 2.75) is 20.4 Å². The van der Waals surface area contributed by atoms with Gasteiger partial charge in [0.1, 0.15) is 6.54 Å². The van der Waals surface area contributed by atoms with E-state index in [1.807, 2.05) is 18.9 Å². The van der Waals surface area contributed by atoms with Gasteiger partial charge in [-0.15, -0.1) is 0 Å². The summed E-state index contributed by atoms with van der Waals surface area (Å²) in [6, 6.07) is 8.40. The lowest BCUT2D eigenvalue weighted by Gasteiger charge is -2.22. The van der Waals surface area contributed by atoms with Crippen LogP contribution in [0.1, 0.15) is 18.1 Å². The molecule has 128 valence electrons. The van der Waals surface area contributed by atoms with Crippen LogP contribution in [0.5, 0.6) is 0 Å². The number of hydrogen-bond donors (Lipinski definition) is 2. The molecule has 0 aliphatic rings. The van der Waals surface area contributed by atoms with Crippen LogP contribution in [0, 0.1) is 6.92 Å². The molecule has 1 aromatic rings. The smallest absolute Gasteiger partial charge is 0.241 e. The standard InChI is InChI=1S/C17H28N4O2/c1-5-18-17(20-12-16(22)19-10-11-23-4)21(3)13-15-8-6-14(2)7-9-15/h6-9H,5,10-13H2,1-4H3,(H,18,20)(H,19,22). The van der Waals surface area contributed by atoms with E-state index in [0.29, 0.717) is 13.2 Å². The van der Waals surface area contributed by atoms with Crippen LogP contribution >= 0.6 is 0 Å². The van der Waals surface area contributed by atoms with E-state index in [1.54, 1.807) is 7.11 Å². The Morgan fingerprint density at radius 2 is 1.96 bits per heavy atom. The Bertz CT molecular complexity index is 500. The number of aliphatic imine (C=N–C) groups is 1. The third-order valence-corrected chi connectivity index (χ3v) is 3.24. The molecule has 0 aliphatic carbocycles. The Hall–Kier alpha value is -2.08. The van der Waals surface area contributed by atoms with Crippen LogP contribution in [0.2, 0.25) is 0 Å². The second-order valence-electron chi connectivity index (χ2n) is 5.35. The number of methoxy groups -OCH3 is 1. The number of carbonyl (C=O) groups excluding carboxylic acids is 1. The van der Waals surface area contributed by atoms with E-state index in [2.05, 4.69) is 46.8 Å². The van der Waals surface area contributed by atoms with Gasteiger partial charge < -0.3 is 20.3 Å². The van der Waals surface area contributed by atoms with Gasteiger partial charge in [-0.1, -0.05) is 29.8 Å². The van der Waals surface area contributed by atoms with E-state index >= 15 is 0 Å². The number of amides is 1. The van der Waals surface area contributed by atoms with Gasteiger partial charge in [0.2, 0.25) is 5.91 Å². The maximum absolute atomic E-state index is 11.7. The van der Waals surface area contributed by atoms with Crippen LogP contribution in [0.4, 0.5) is 0 Å². The minimum absolute atomic E-state index is 0.101. The van der Waals surface area contributed by atoms with E-state index in [0.717, 1.165) is 19.0 Å². The number of benzene rings is 1. The van der Waals surface area contributed by atoms with Crippen molar-refractivity contribution in [2.75, 3.05) is 40.4 Å². The number of carbonyl (C=O) groups is 1. The molecular weight excluding hydrogens is 292 g/mol. The van der Waals surface area contributed by atoms with Crippen LogP contribution in [0.25, 0.3) is 0 Å². The summed E-state index contributed by atoms with van der Waals surface area (Å²) in [5.74, 6) is 0.608. The number of nitrogens with one attached hydrogen (secondary N) is 2. The quantitative estimate of drug-likeness (QED) is 0.428. The Morgan fingerprint density at radius 3 is 2.57 bits per heavy atom. The average Bonchev–Trinajstić information content (AvgIpc) is 2.53. The fourth-order valence-electron chi connectivity index (χ4n) is 2.01. The molecule has 6 nitrogen and oxygen atoms in total. The van der Waals surface area contributed by atoms with Crippen LogP contribution < -0.4 is 10.6 Å². The van der Waals surface area contributed by atoms with Crippen molar-refractivity contribution >= 4 is 11.9 Å². The summed E-state index contributed by atoms with van der Waals surface area (Å²) in [6.07, 6.45) is 0. The first kappa shape index (κ1) is 19.0. The molecule has 0 unspecified atom stereocenters. The normalized spacial score (nSPS) is 11.2. The van der Waals surface area contributed by atoms with Gasteiger partial charge in [-0.2, -0.15) is 0 Å². The lowest BCUT2D eigenvalue weighted by molar-refractivity contribution is -0.119. The highest BCUT2D eigenvalue weighted by Crippen LogP contribution is 2.06. The lowest BCUT2D eigenvalue weighted by Crippen LogP contribution is -2.39. The molecule has 0 spiro atoms. The Morgan fingerprint density at radius 1 is 1.26 bits per heavy atom. The molecule has 1 aromatic carbocycles. The van der Waals surface area contributed by atoms with E-state index in [-0.39, 0.29) is 12.5 Å². The highest BCUT2D eigenvalue weighted by Gasteiger charge is 2.08. The molecule has 0 saturated carbocycles. The predicted octanol–water partition coefficient (Wildman–Crippen LogP) is 1.15. The molecule has 2 N–H and O–H groups in total. The largest absolute Gasteiger partial charge is 0.383 e. The predicted molar refractivity (Wildman–Crippen MR) is 93.5 cm³/mol. The second-order valence-corrected chi connectivity index (χ2v) is 5.35. The first-order chi connectivity index (χ1) is 11.1. The summed E-state index contributed by atoms with van der Waals surface area (Å²) in [6.45, 7) is 6.67. The molecule has 23 heavy (non-hydrogen) atoms. The third kappa shape index (κ3) is 7.65. The molecular formula is C17H28N4O2. The molecule has 0 aromatic heterocycles. The molecule has 0 atom stereocenters. The minimum Gasteiger partial charge on any atom is -0.383 e. The SMILES string of the molecule is CCNC(=NCC(=O)NCCOC)N(C)Cc1ccc(C)cc1. The maximum atomic E-state index is 11.7. The number of rotatable bonds is 8. The summed E-state index contributed by atoms with van der Waals surface area (Å²) in [5.41, 5.74) is 2.44. The lowest BCUT2D eigenvalue weighted by atomic mass is 10.1. The Kier molecular flexibility index (Phi) is 8.75. The van der Waals surface area contributed by atoms with Crippen LogP contribution in [-0.4, -0.2) is 57.2 Å². The van der Waals surface area contributed by atoms with Crippen molar-refractivity contribution in [2.24, 2.45) is 4.99 Å². The minimum atomic E-state index is -0.110. The summed E-state index contributed by atoms with van der Waals surface area (Å²) in [5, 5.41) is 5.97. The van der Waals surface area contributed by atoms with Gasteiger partial charge >= 0.3 is 0 Å². The van der Waals surface area contributed by atoms with E-state index in [4.69, 9.17) is 4.74 Å². The van der Waals surface area contributed by atoms with Crippen LogP contribution in [-0.2, 0) is 16.1 Å². The molecule has 0 heterocycles. The van der Waals surface area contributed by atoms with E-state index in [1.165, 1.54) is 11.1 Å². The van der Waals surface area contributed by atoms with E-state index < -0.39 is 0 Å². The van der Waals surface area contributed by atoms with Gasteiger partial charge in [0, 0.05) is 33.8 Å². The summed E-state index contributed by atoms with van der Waals surface area (Å²) in [4.78, 5) is 18.1. The molecule has 0 bridgehead atoms. The fraction of sp³-hybridized carbons (Fsp3) is 0.529. The van der Waals surface area contributed by atoms with Crippen LogP contribution in [0.3, 0.4) is 0 Å². The monoisotopic (exact) mass is 320 g/mol. The van der Waals surface area contributed by atoms with Crippen molar-refractivity contribution in [1.82, 2.24) is 15.5 Å². The van der Waals surface area contributed by atoms with Crippen molar-refractivity contribution in [3.8, 4) is 0 Å². The summed E-state index contributed by atoms with van der Waals surface area (Å²) < 4.78 is 4.90. The molecule has 1 rings (SSSR count). The molecule has 0 aliphatic heterocycles. The number of aryl methyl sites for hydroxylation is 1. The number of ether oxygens (including phenoxy) is 1. The van der Waals surface area contributed by atoms with Gasteiger partial charge in [-0.3, -0.25) is 4.79 Å². The molecule has 0 radical (unpaired) electrons. The molecule has 0 saturated heterocycles. The topological polar surface area (TPSA) is 66.0 Å². The first-order valence-corrected chi connectivity index (χ1v) is 7.87. The Balaban J connectivity index is 2.59. The average molecular weight is 320 g/mol. The number of hydrogen-bond acceptors (Lipinski definition) is 3. The molecule has 0 fully saturated rings. The molecule has 6 heteroatoms. The van der Waals surface area contributed by atoms with Gasteiger partial charge in [-0.05, 0) is 19.4 Å². The van der Waals surface area contributed by atoms with Gasteiger partial charge in [0.25, 0.3) is 0 Å². The zero-order chi connectivity index (χ0) is 17.1. The van der Waals surface area contributed by atoms with Gasteiger partial charge in [0.15, 0.2) is 5.96 Å². The second kappa shape index (κ2) is 10.6. The zero-order valence-electron chi connectivity index (χ0n) is 14.6. The fourth-order valence-corrected chi connectivity index (χ4v) is 2.01. The number of nitrogens with zero attached hydrogens (tertiary/aromatic N) is 2. The van der Waals surface area contributed by atoms with Gasteiger partial charge in [-0.25, -0.2) is 4.99 Å². The van der Waals surface area contributed by atoms with Gasteiger partial charge in [0.05, 0.1) is 6.61 Å². The van der Waals surface area contributed by atoms with Crippen LogP contribution in [0.15, 0.2) is 29.3 Å².